The van der Waals surface area contributed by atoms with Crippen LogP contribution >= 0.6 is 0 Å². The lowest BCUT2D eigenvalue weighted by Gasteiger charge is -2.07. The van der Waals surface area contributed by atoms with Gasteiger partial charge in [0, 0.05) is 18.8 Å². The Hall–Kier alpha value is -1.32. The number of nitrogens with zero attached hydrogens (tertiary/aromatic N) is 2. The summed E-state index contributed by atoms with van der Waals surface area (Å²) in [6.07, 6.45) is 3.42. The zero-order valence-electron chi connectivity index (χ0n) is 5.66. The fraction of sp³-hybridized carbons (Fsp3) is 0.333. The Morgan fingerprint density at radius 1 is 1.90 bits per heavy atom. The van der Waals surface area contributed by atoms with E-state index < -0.39 is 0 Å². The second-order valence-corrected chi connectivity index (χ2v) is 1.77. The van der Waals surface area contributed by atoms with E-state index in [0.29, 0.717) is 12.4 Å². The van der Waals surface area contributed by atoms with E-state index in [9.17, 15) is 4.79 Å². The van der Waals surface area contributed by atoms with Crippen LogP contribution < -0.4 is 4.90 Å². The first-order valence-corrected chi connectivity index (χ1v) is 3.03. The second kappa shape index (κ2) is 3.00. The van der Waals surface area contributed by atoms with Gasteiger partial charge in [0.2, 0.25) is 0 Å². The molecule has 1 rings (SSSR count). The Morgan fingerprint density at radius 3 is 3.10 bits per heavy atom. The van der Waals surface area contributed by atoms with Crippen LogP contribution in [0.1, 0.15) is 6.92 Å². The zero-order chi connectivity index (χ0) is 7.40. The van der Waals surface area contributed by atoms with Crippen molar-refractivity contribution in [2.24, 2.45) is 0 Å². The number of nitrogens with one attached hydrogen (secondary N) is 1. The number of hydrogen-bond donors (Lipinski definition) is 1. The van der Waals surface area contributed by atoms with Crippen LogP contribution in [0, 0.1) is 0 Å². The fourth-order valence-corrected chi connectivity index (χ4v) is 0.676. The van der Waals surface area contributed by atoms with Gasteiger partial charge in [0.1, 0.15) is 0 Å². The second-order valence-electron chi connectivity index (χ2n) is 1.77. The molecule has 0 aromatic carbocycles. The molecular formula is C6H8N3O. The van der Waals surface area contributed by atoms with Crippen LogP contribution in [0.5, 0.6) is 0 Å². The van der Waals surface area contributed by atoms with E-state index in [2.05, 4.69) is 10.2 Å². The van der Waals surface area contributed by atoms with E-state index in [1.165, 1.54) is 4.90 Å². The van der Waals surface area contributed by atoms with E-state index in [1.807, 2.05) is 6.92 Å². The summed E-state index contributed by atoms with van der Waals surface area (Å²) in [5.41, 5.74) is 0. The third-order valence-corrected chi connectivity index (χ3v) is 1.19. The van der Waals surface area contributed by atoms with E-state index in [-0.39, 0.29) is 0 Å². The van der Waals surface area contributed by atoms with Crippen molar-refractivity contribution < 1.29 is 4.79 Å². The minimum atomic E-state index is 0.592. The average Bonchev–Trinajstić information content (AvgIpc) is 2.43. The monoisotopic (exact) mass is 138 g/mol. The molecule has 1 amide bonds. The van der Waals surface area contributed by atoms with E-state index in [4.69, 9.17) is 0 Å². The fourth-order valence-electron chi connectivity index (χ4n) is 0.676. The first kappa shape index (κ1) is 6.80. The van der Waals surface area contributed by atoms with Gasteiger partial charge in [0.25, 0.3) is 0 Å². The van der Waals surface area contributed by atoms with Crippen molar-refractivity contribution in [3.05, 3.63) is 12.3 Å². The highest BCUT2D eigenvalue weighted by Gasteiger charge is 2.03. The van der Waals surface area contributed by atoms with Crippen molar-refractivity contribution in [2.45, 2.75) is 6.92 Å². The van der Waals surface area contributed by atoms with Gasteiger partial charge in [-0.3, -0.25) is 14.8 Å². The molecule has 53 valence electrons. The highest BCUT2D eigenvalue weighted by Crippen LogP contribution is 2.04. The number of anilines is 1. The molecule has 10 heavy (non-hydrogen) atoms. The summed E-state index contributed by atoms with van der Waals surface area (Å²) in [7, 11) is 0. The lowest BCUT2D eigenvalue weighted by atomic mass is 10.5. The Labute approximate surface area is 58.8 Å². The minimum Gasteiger partial charge on any atom is -0.287 e. The molecule has 1 radical (unpaired) electrons. The first-order chi connectivity index (χ1) is 4.88. The molecule has 4 heteroatoms. The highest BCUT2D eigenvalue weighted by atomic mass is 16.1. The van der Waals surface area contributed by atoms with Crippen LogP contribution in [-0.4, -0.2) is 23.2 Å². The van der Waals surface area contributed by atoms with E-state index in [1.54, 1.807) is 18.7 Å². The standard InChI is InChI=1S/C6H8N3O/c1-2-9(5-10)6-3-4-7-8-6/h3-4H,2H2,1H3,(H,7,8). The van der Waals surface area contributed by atoms with Crippen LogP contribution in [0.2, 0.25) is 0 Å². The summed E-state index contributed by atoms with van der Waals surface area (Å²) in [6.45, 7) is 2.45. The van der Waals surface area contributed by atoms with Gasteiger partial charge in [0.15, 0.2) is 5.82 Å². The number of rotatable bonds is 3. The molecule has 0 saturated carbocycles. The van der Waals surface area contributed by atoms with Crippen molar-refractivity contribution >= 4 is 12.2 Å². The van der Waals surface area contributed by atoms with Gasteiger partial charge in [-0.1, -0.05) is 0 Å². The molecule has 4 nitrogen and oxygen atoms in total. The molecule has 1 aromatic heterocycles. The molecule has 0 aliphatic carbocycles. The lowest BCUT2D eigenvalue weighted by molar-refractivity contribution is 0.551. The van der Waals surface area contributed by atoms with Crippen LogP contribution in [0.3, 0.4) is 0 Å². The largest absolute Gasteiger partial charge is 0.318 e. The molecule has 0 saturated heterocycles. The van der Waals surface area contributed by atoms with E-state index in [0.717, 1.165) is 0 Å². The van der Waals surface area contributed by atoms with Crippen molar-refractivity contribution in [3.63, 3.8) is 0 Å². The number of hydrogen-bond acceptors (Lipinski definition) is 2. The Kier molecular flexibility index (Phi) is 2.04. The number of amides is 1. The van der Waals surface area contributed by atoms with Crippen molar-refractivity contribution in [2.75, 3.05) is 11.4 Å². The molecule has 1 N–H and O–H groups in total. The van der Waals surface area contributed by atoms with Crippen LogP contribution in [0.15, 0.2) is 12.3 Å². The lowest BCUT2D eigenvalue weighted by Crippen LogP contribution is -2.20. The third kappa shape index (κ3) is 1.15. The van der Waals surface area contributed by atoms with Gasteiger partial charge in [-0.25, -0.2) is 0 Å². The number of H-pyrrole nitrogens is 1. The highest BCUT2D eigenvalue weighted by molar-refractivity contribution is 5.72. The van der Waals surface area contributed by atoms with E-state index >= 15 is 0 Å². The Bertz CT molecular complexity index is 195. The predicted octanol–water partition coefficient (Wildman–Crippen LogP) is 0.303. The van der Waals surface area contributed by atoms with Crippen LogP contribution in [0.25, 0.3) is 0 Å². The molecule has 0 atom stereocenters. The zero-order valence-corrected chi connectivity index (χ0v) is 5.66. The molecule has 0 aliphatic heterocycles. The molecular weight excluding hydrogens is 130 g/mol. The molecule has 0 aliphatic rings. The molecule has 1 heterocycles. The smallest absolute Gasteiger partial charge is 0.287 e. The topological polar surface area (TPSA) is 49.0 Å². The average molecular weight is 138 g/mol. The van der Waals surface area contributed by atoms with Crippen molar-refractivity contribution in [1.82, 2.24) is 10.2 Å². The number of aromatic amines is 1. The SMILES string of the molecule is CCN([C]=O)c1cc[nH]n1. The molecule has 1 aromatic rings. The summed E-state index contributed by atoms with van der Waals surface area (Å²) < 4.78 is 0. The molecule has 0 bridgehead atoms. The van der Waals surface area contributed by atoms with Gasteiger partial charge in [0.05, 0.1) is 0 Å². The maximum atomic E-state index is 10.2. The summed E-state index contributed by atoms with van der Waals surface area (Å²) in [6, 6.07) is 1.72. The number of carbonyl (C=O) groups excluding carboxylic acids is 1. The molecule has 0 unspecified atom stereocenters. The first-order valence-electron chi connectivity index (χ1n) is 3.03. The maximum Gasteiger partial charge on any atom is 0.318 e. The minimum absolute atomic E-state index is 0.592. The van der Waals surface area contributed by atoms with Crippen molar-refractivity contribution in [3.8, 4) is 0 Å². The third-order valence-electron chi connectivity index (χ3n) is 1.19. The van der Waals surface area contributed by atoms with Gasteiger partial charge in [-0.15, -0.1) is 0 Å². The number of aromatic nitrogens is 2. The molecule has 0 fully saturated rings. The van der Waals surface area contributed by atoms with Crippen LogP contribution in [0.4, 0.5) is 5.82 Å². The molecule has 0 spiro atoms. The Morgan fingerprint density at radius 2 is 2.70 bits per heavy atom. The summed E-state index contributed by atoms with van der Waals surface area (Å²) >= 11 is 0. The maximum absolute atomic E-state index is 10.2. The van der Waals surface area contributed by atoms with Gasteiger partial charge < -0.3 is 0 Å². The predicted molar refractivity (Wildman–Crippen MR) is 37.3 cm³/mol. The van der Waals surface area contributed by atoms with Crippen LogP contribution in [-0.2, 0) is 4.79 Å². The van der Waals surface area contributed by atoms with Gasteiger partial charge in [-0.2, -0.15) is 5.10 Å². The Balaban J connectivity index is 2.73. The summed E-state index contributed by atoms with van der Waals surface area (Å²) in [4.78, 5) is 11.6. The normalized spacial score (nSPS) is 9.30. The quantitative estimate of drug-likeness (QED) is 0.611. The van der Waals surface area contributed by atoms with Crippen molar-refractivity contribution in [1.29, 1.82) is 0 Å². The van der Waals surface area contributed by atoms with Gasteiger partial charge in [-0.05, 0) is 6.92 Å². The summed E-state index contributed by atoms with van der Waals surface area (Å²) in [5.74, 6) is 0.609. The summed E-state index contributed by atoms with van der Waals surface area (Å²) in [5, 5.41) is 6.40. The van der Waals surface area contributed by atoms with Gasteiger partial charge >= 0.3 is 6.41 Å².